The Hall–Kier alpha value is -1.89. The van der Waals surface area contributed by atoms with Crippen LogP contribution in [0.3, 0.4) is 0 Å². The Kier molecular flexibility index (Phi) is 4.85. The van der Waals surface area contributed by atoms with E-state index in [0.29, 0.717) is 0 Å². The number of halogens is 2. The molecule has 2 N–H and O–H groups in total. The summed E-state index contributed by atoms with van der Waals surface area (Å²) in [6.07, 6.45) is 0.591. The Morgan fingerprint density at radius 2 is 2.22 bits per heavy atom. The van der Waals surface area contributed by atoms with Crippen LogP contribution in [0.1, 0.15) is 10.4 Å². The maximum Gasteiger partial charge on any atom is 0.411 e. The molecule has 0 fully saturated rings. The van der Waals surface area contributed by atoms with E-state index in [1.54, 1.807) is 0 Å². The number of anilines is 1. The number of aromatic carboxylic acids is 1. The molecule has 0 aliphatic carbocycles. The van der Waals surface area contributed by atoms with Crippen molar-refractivity contribution in [2.24, 2.45) is 0 Å². The molecule has 1 amide bonds. The van der Waals surface area contributed by atoms with Crippen molar-refractivity contribution in [3.05, 3.63) is 40.6 Å². The first kappa shape index (κ1) is 14.2. The fourth-order valence-corrected chi connectivity index (χ4v) is 1.74. The Labute approximate surface area is 110 Å². The second kappa shape index (κ2) is 6.15. The molecule has 0 saturated heterocycles. The van der Waals surface area contributed by atoms with Gasteiger partial charge in [-0.1, -0.05) is 12.7 Å². The van der Waals surface area contributed by atoms with Crippen molar-refractivity contribution >= 4 is 33.7 Å². The van der Waals surface area contributed by atoms with Crippen LogP contribution in [0.5, 0.6) is 0 Å². The minimum Gasteiger partial charge on any atom is -0.478 e. The van der Waals surface area contributed by atoms with Crippen molar-refractivity contribution in [2.45, 2.75) is 0 Å². The summed E-state index contributed by atoms with van der Waals surface area (Å²) in [5, 5.41) is 11.0. The highest BCUT2D eigenvalue weighted by Crippen LogP contribution is 2.25. The van der Waals surface area contributed by atoms with Gasteiger partial charge in [0.1, 0.15) is 18.0 Å². The van der Waals surface area contributed by atoms with Crippen LogP contribution in [0.4, 0.5) is 14.9 Å². The van der Waals surface area contributed by atoms with Gasteiger partial charge in [0.05, 0.1) is 0 Å². The number of nitrogens with one attached hydrogen (secondary N) is 1. The molecule has 1 rings (SSSR count). The third-order valence-corrected chi connectivity index (χ3v) is 2.46. The van der Waals surface area contributed by atoms with Gasteiger partial charge >= 0.3 is 12.1 Å². The van der Waals surface area contributed by atoms with Gasteiger partial charge in [0.25, 0.3) is 0 Å². The summed E-state index contributed by atoms with van der Waals surface area (Å²) in [7, 11) is 0. The minimum absolute atomic E-state index is 0.0166. The van der Waals surface area contributed by atoms with E-state index in [9.17, 15) is 14.0 Å². The molecule has 0 saturated carbocycles. The smallest absolute Gasteiger partial charge is 0.411 e. The lowest BCUT2D eigenvalue weighted by molar-refractivity contribution is 0.0691. The van der Waals surface area contributed by atoms with Crippen LogP contribution in [0.25, 0.3) is 0 Å². The van der Waals surface area contributed by atoms with Crippen molar-refractivity contribution in [1.29, 1.82) is 0 Å². The Balaban J connectivity index is 2.90. The van der Waals surface area contributed by atoms with E-state index in [0.717, 1.165) is 6.07 Å². The second-order valence-corrected chi connectivity index (χ2v) is 3.99. The van der Waals surface area contributed by atoms with E-state index in [1.807, 2.05) is 0 Å². The summed E-state index contributed by atoms with van der Waals surface area (Å²) in [6.45, 7) is 3.38. The second-order valence-electron chi connectivity index (χ2n) is 3.13. The lowest BCUT2D eigenvalue weighted by atomic mass is 10.2. The van der Waals surface area contributed by atoms with E-state index in [1.165, 1.54) is 12.1 Å². The number of carboxylic acids is 1. The first-order valence-corrected chi connectivity index (χ1v) is 5.52. The molecule has 18 heavy (non-hydrogen) atoms. The van der Waals surface area contributed by atoms with Crippen LogP contribution in [-0.4, -0.2) is 23.8 Å². The standard InChI is InChI=1S/C11H9BrFNO4/c1-2-3-18-11(17)14-6-4-7(12)9(10(15)16)8(13)5-6/h2,4-5H,1,3H2,(H,14,17)(H,15,16). The predicted octanol–water partition coefficient (Wildman–Crippen LogP) is 3.02. The third-order valence-electron chi connectivity index (χ3n) is 1.83. The van der Waals surface area contributed by atoms with Crippen LogP contribution < -0.4 is 5.32 Å². The number of carbonyl (C=O) groups is 2. The van der Waals surface area contributed by atoms with Crippen LogP contribution in [0.2, 0.25) is 0 Å². The fraction of sp³-hybridized carbons (Fsp3) is 0.0909. The Morgan fingerprint density at radius 1 is 1.56 bits per heavy atom. The molecular weight excluding hydrogens is 309 g/mol. The predicted molar refractivity (Wildman–Crippen MR) is 66.2 cm³/mol. The molecule has 0 spiro atoms. The highest BCUT2D eigenvalue weighted by atomic mass is 79.9. The maximum atomic E-state index is 13.4. The van der Waals surface area contributed by atoms with Gasteiger partial charge in [0.2, 0.25) is 0 Å². The Bertz CT molecular complexity index is 481. The van der Waals surface area contributed by atoms with Crippen molar-refractivity contribution < 1.29 is 23.8 Å². The molecule has 1 aromatic carbocycles. The van der Waals surface area contributed by atoms with Crippen molar-refractivity contribution in [2.75, 3.05) is 11.9 Å². The molecule has 0 aromatic heterocycles. The lowest BCUT2D eigenvalue weighted by Crippen LogP contribution is -2.14. The van der Waals surface area contributed by atoms with E-state index in [-0.39, 0.29) is 16.8 Å². The van der Waals surface area contributed by atoms with E-state index < -0.39 is 23.4 Å². The summed E-state index contributed by atoms with van der Waals surface area (Å²) in [4.78, 5) is 21.9. The number of amides is 1. The van der Waals surface area contributed by atoms with E-state index in [4.69, 9.17) is 5.11 Å². The van der Waals surface area contributed by atoms with Gasteiger partial charge < -0.3 is 9.84 Å². The first-order valence-electron chi connectivity index (χ1n) is 4.72. The lowest BCUT2D eigenvalue weighted by Gasteiger charge is -2.08. The zero-order valence-corrected chi connectivity index (χ0v) is 10.7. The van der Waals surface area contributed by atoms with Crippen LogP contribution in [0.15, 0.2) is 29.3 Å². The monoisotopic (exact) mass is 317 g/mol. The molecule has 7 heteroatoms. The van der Waals surface area contributed by atoms with Crippen LogP contribution in [0, 0.1) is 5.82 Å². The van der Waals surface area contributed by atoms with Gasteiger partial charge in [-0.2, -0.15) is 0 Å². The number of ether oxygens (including phenoxy) is 1. The molecule has 0 heterocycles. The largest absolute Gasteiger partial charge is 0.478 e. The highest BCUT2D eigenvalue weighted by molar-refractivity contribution is 9.10. The number of rotatable bonds is 4. The minimum atomic E-state index is -1.40. The van der Waals surface area contributed by atoms with Gasteiger partial charge in [-0.3, -0.25) is 5.32 Å². The van der Waals surface area contributed by atoms with Gasteiger partial charge in [-0.15, -0.1) is 0 Å². The molecule has 1 aromatic rings. The summed E-state index contributed by atoms with van der Waals surface area (Å²) >= 11 is 2.91. The summed E-state index contributed by atoms with van der Waals surface area (Å²) in [5.74, 6) is -2.36. The van der Waals surface area contributed by atoms with Crippen molar-refractivity contribution in [3.63, 3.8) is 0 Å². The molecule has 0 aliphatic rings. The average Bonchev–Trinajstić information content (AvgIpc) is 2.24. The van der Waals surface area contributed by atoms with E-state index >= 15 is 0 Å². The topological polar surface area (TPSA) is 75.6 Å². The molecule has 5 nitrogen and oxygen atoms in total. The normalized spacial score (nSPS) is 9.67. The molecule has 0 atom stereocenters. The molecule has 0 aliphatic heterocycles. The summed E-state index contributed by atoms with van der Waals surface area (Å²) in [6, 6.07) is 2.16. The SMILES string of the molecule is C=CCOC(=O)Nc1cc(F)c(C(=O)O)c(Br)c1. The highest BCUT2D eigenvalue weighted by Gasteiger charge is 2.16. The zero-order valence-electron chi connectivity index (χ0n) is 9.07. The number of carboxylic acid groups (broad SMARTS) is 1. The average molecular weight is 318 g/mol. The quantitative estimate of drug-likeness (QED) is 0.837. The van der Waals surface area contributed by atoms with Crippen LogP contribution >= 0.6 is 15.9 Å². The third kappa shape index (κ3) is 3.56. The van der Waals surface area contributed by atoms with E-state index in [2.05, 4.69) is 32.6 Å². The summed E-state index contributed by atoms with van der Waals surface area (Å²) in [5.41, 5.74) is -0.418. The molecular formula is C11H9BrFNO4. The van der Waals surface area contributed by atoms with Crippen molar-refractivity contribution in [1.82, 2.24) is 0 Å². The van der Waals surface area contributed by atoms with Gasteiger partial charge in [0.15, 0.2) is 0 Å². The fourth-order valence-electron chi connectivity index (χ4n) is 1.14. The molecule has 0 bridgehead atoms. The number of hydrogen-bond donors (Lipinski definition) is 2. The molecule has 0 unspecified atom stereocenters. The summed E-state index contributed by atoms with van der Waals surface area (Å²) < 4.78 is 18.1. The van der Waals surface area contributed by atoms with Gasteiger partial charge in [-0.05, 0) is 28.1 Å². The molecule has 0 radical (unpaired) electrons. The molecule has 96 valence electrons. The zero-order chi connectivity index (χ0) is 13.7. The number of benzene rings is 1. The van der Waals surface area contributed by atoms with Crippen molar-refractivity contribution in [3.8, 4) is 0 Å². The van der Waals surface area contributed by atoms with Gasteiger partial charge in [-0.25, -0.2) is 14.0 Å². The van der Waals surface area contributed by atoms with Crippen LogP contribution in [-0.2, 0) is 4.74 Å². The number of carbonyl (C=O) groups excluding carboxylic acids is 1. The van der Waals surface area contributed by atoms with Gasteiger partial charge in [0, 0.05) is 10.2 Å². The maximum absolute atomic E-state index is 13.4. The first-order chi connectivity index (χ1) is 8.45. The number of hydrogen-bond acceptors (Lipinski definition) is 3. The Morgan fingerprint density at radius 3 is 2.72 bits per heavy atom.